The van der Waals surface area contributed by atoms with Gasteiger partial charge in [-0.05, 0) is 95.0 Å². The summed E-state index contributed by atoms with van der Waals surface area (Å²) in [6.07, 6.45) is 0. The number of hydrogen-bond donors (Lipinski definition) is 0. The third-order valence-corrected chi connectivity index (χ3v) is 13.1. The van der Waals surface area contributed by atoms with E-state index < -0.39 is 5.41 Å². The van der Waals surface area contributed by atoms with Crippen LogP contribution in [-0.2, 0) is 10.8 Å². The average molecular weight is 739 g/mol. The molecule has 1 spiro atoms. The SMILES string of the molecule is CC1(C)c2ccccc2C2(c3ccccc3-c3ccccc32)c2ccc(-c3cc(-c4ccc5c6ccccc6c6ccccc6c5c4)nc(-c4ccccc4)n3)cc21. The first-order valence-electron chi connectivity index (χ1n) is 20.2. The molecule has 0 amide bonds. The zero-order valence-corrected chi connectivity index (χ0v) is 32.4. The highest BCUT2D eigenvalue weighted by Crippen LogP contribution is 2.62. The minimum Gasteiger partial charge on any atom is -0.228 e. The molecule has 0 fully saturated rings. The number of hydrogen-bond acceptors (Lipinski definition) is 2. The van der Waals surface area contributed by atoms with Crippen LogP contribution in [0, 0.1) is 0 Å². The Bertz CT molecular complexity index is 3240. The molecule has 58 heavy (non-hydrogen) atoms. The Labute approximate surface area is 338 Å². The Balaban J connectivity index is 1.10. The van der Waals surface area contributed by atoms with Gasteiger partial charge in [-0.25, -0.2) is 9.97 Å². The summed E-state index contributed by atoms with van der Waals surface area (Å²) in [5.74, 6) is 0.717. The molecule has 272 valence electrons. The van der Waals surface area contributed by atoms with Gasteiger partial charge in [-0.2, -0.15) is 0 Å². The fourth-order valence-electron chi connectivity index (χ4n) is 10.5. The molecule has 0 bridgehead atoms. The van der Waals surface area contributed by atoms with Crippen molar-refractivity contribution in [3.05, 3.63) is 228 Å². The van der Waals surface area contributed by atoms with Crippen LogP contribution >= 0.6 is 0 Å². The quantitative estimate of drug-likeness (QED) is 0.169. The van der Waals surface area contributed by atoms with Crippen molar-refractivity contribution in [2.24, 2.45) is 0 Å². The van der Waals surface area contributed by atoms with Crippen LogP contribution < -0.4 is 0 Å². The van der Waals surface area contributed by atoms with Crippen LogP contribution in [0.3, 0.4) is 0 Å². The monoisotopic (exact) mass is 738 g/mol. The van der Waals surface area contributed by atoms with Gasteiger partial charge in [-0.15, -0.1) is 0 Å². The highest BCUT2D eigenvalue weighted by atomic mass is 14.9. The first kappa shape index (κ1) is 33.0. The molecule has 0 unspecified atom stereocenters. The predicted octanol–water partition coefficient (Wildman–Crippen LogP) is 13.9. The molecule has 2 nitrogen and oxygen atoms in total. The lowest BCUT2D eigenvalue weighted by Crippen LogP contribution is -2.40. The molecule has 1 aromatic heterocycles. The third-order valence-electron chi connectivity index (χ3n) is 13.1. The molecule has 0 N–H and O–H groups in total. The number of nitrogens with zero attached hydrogens (tertiary/aromatic N) is 2. The van der Waals surface area contributed by atoms with Crippen molar-refractivity contribution in [3.8, 4) is 45.0 Å². The molecule has 0 atom stereocenters. The number of rotatable bonds is 3. The van der Waals surface area contributed by atoms with E-state index in [2.05, 4.69) is 202 Å². The van der Waals surface area contributed by atoms with E-state index in [-0.39, 0.29) is 5.41 Å². The van der Waals surface area contributed by atoms with Crippen molar-refractivity contribution in [3.63, 3.8) is 0 Å². The summed E-state index contributed by atoms with van der Waals surface area (Å²) in [6, 6.07) is 71.2. The fraction of sp³-hybridized carbons (Fsp3) is 0.0714. The van der Waals surface area contributed by atoms with Crippen molar-refractivity contribution >= 4 is 32.3 Å². The molecular formula is C56H38N2. The van der Waals surface area contributed by atoms with Crippen LogP contribution in [0.5, 0.6) is 0 Å². The van der Waals surface area contributed by atoms with E-state index in [1.54, 1.807) is 0 Å². The molecule has 12 rings (SSSR count). The normalized spacial score (nSPS) is 14.3. The first-order valence-corrected chi connectivity index (χ1v) is 20.2. The molecule has 1 heterocycles. The molecule has 2 heteroatoms. The Hall–Kier alpha value is -7.16. The third kappa shape index (κ3) is 4.49. The molecule has 9 aromatic carbocycles. The maximum atomic E-state index is 5.34. The second-order valence-corrected chi connectivity index (χ2v) is 16.5. The van der Waals surface area contributed by atoms with Crippen LogP contribution in [-0.4, -0.2) is 9.97 Å². The van der Waals surface area contributed by atoms with Crippen LogP contribution in [0.15, 0.2) is 194 Å². The van der Waals surface area contributed by atoms with Crippen LogP contribution in [0.25, 0.3) is 77.3 Å². The lowest BCUT2D eigenvalue weighted by molar-refractivity contribution is 0.563. The van der Waals surface area contributed by atoms with Crippen LogP contribution in [0.1, 0.15) is 47.2 Å². The highest BCUT2D eigenvalue weighted by Gasteiger charge is 2.53. The zero-order chi connectivity index (χ0) is 38.6. The van der Waals surface area contributed by atoms with Crippen molar-refractivity contribution in [1.82, 2.24) is 9.97 Å². The van der Waals surface area contributed by atoms with Crippen LogP contribution in [0.2, 0.25) is 0 Å². The summed E-state index contributed by atoms with van der Waals surface area (Å²) in [4.78, 5) is 10.6. The number of aromatic nitrogens is 2. The molecular weight excluding hydrogens is 701 g/mol. The predicted molar refractivity (Wildman–Crippen MR) is 240 cm³/mol. The minimum atomic E-state index is -0.433. The lowest BCUT2D eigenvalue weighted by Gasteiger charge is -2.46. The minimum absolute atomic E-state index is 0.264. The Kier molecular flexibility index (Phi) is 6.93. The summed E-state index contributed by atoms with van der Waals surface area (Å²) in [6.45, 7) is 4.77. The summed E-state index contributed by atoms with van der Waals surface area (Å²) in [5.41, 5.74) is 15.0. The van der Waals surface area contributed by atoms with Crippen LogP contribution in [0.4, 0.5) is 0 Å². The van der Waals surface area contributed by atoms with Crippen molar-refractivity contribution in [2.75, 3.05) is 0 Å². The van der Waals surface area contributed by atoms with Gasteiger partial charge in [0.2, 0.25) is 0 Å². The maximum absolute atomic E-state index is 5.34. The van der Waals surface area contributed by atoms with E-state index in [1.807, 2.05) is 6.07 Å². The number of fused-ring (bicyclic) bond motifs is 15. The van der Waals surface area contributed by atoms with Crippen molar-refractivity contribution < 1.29 is 0 Å². The second-order valence-electron chi connectivity index (χ2n) is 16.5. The van der Waals surface area contributed by atoms with Crippen molar-refractivity contribution in [1.29, 1.82) is 0 Å². The second kappa shape index (κ2) is 12.2. The molecule has 2 aliphatic rings. The largest absolute Gasteiger partial charge is 0.228 e. The Morgan fingerprint density at radius 3 is 1.38 bits per heavy atom. The summed E-state index contributed by atoms with van der Waals surface area (Å²) < 4.78 is 0. The van der Waals surface area contributed by atoms with E-state index in [4.69, 9.17) is 9.97 Å². The van der Waals surface area contributed by atoms with Gasteiger partial charge in [0.1, 0.15) is 0 Å². The molecule has 10 aromatic rings. The zero-order valence-electron chi connectivity index (χ0n) is 32.4. The smallest absolute Gasteiger partial charge is 0.160 e. The van der Waals surface area contributed by atoms with Gasteiger partial charge >= 0.3 is 0 Å². The number of benzene rings is 9. The van der Waals surface area contributed by atoms with E-state index in [0.29, 0.717) is 5.82 Å². The maximum Gasteiger partial charge on any atom is 0.160 e. The molecule has 0 aliphatic heterocycles. The Morgan fingerprint density at radius 1 is 0.310 bits per heavy atom. The average Bonchev–Trinajstić information content (AvgIpc) is 3.59. The Morgan fingerprint density at radius 2 is 0.759 bits per heavy atom. The van der Waals surface area contributed by atoms with E-state index in [9.17, 15) is 0 Å². The van der Waals surface area contributed by atoms with Gasteiger partial charge in [-0.3, -0.25) is 0 Å². The topological polar surface area (TPSA) is 25.8 Å². The fourth-order valence-corrected chi connectivity index (χ4v) is 10.5. The van der Waals surface area contributed by atoms with Crippen molar-refractivity contribution in [2.45, 2.75) is 24.7 Å². The summed E-state index contributed by atoms with van der Waals surface area (Å²) in [5, 5.41) is 7.52. The molecule has 2 aliphatic carbocycles. The van der Waals surface area contributed by atoms with Gasteiger partial charge in [0.25, 0.3) is 0 Å². The van der Waals surface area contributed by atoms with Gasteiger partial charge in [0, 0.05) is 22.1 Å². The van der Waals surface area contributed by atoms with E-state index >= 15 is 0 Å². The van der Waals surface area contributed by atoms with Gasteiger partial charge < -0.3 is 0 Å². The van der Waals surface area contributed by atoms with E-state index in [0.717, 1.165) is 28.1 Å². The van der Waals surface area contributed by atoms with Gasteiger partial charge in [0.15, 0.2) is 5.82 Å². The summed E-state index contributed by atoms with van der Waals surface area (Å²) in [7, 11) is 0. The highest BCUT2D eigenvalue weighted by molar-refractivity contribution is 6.25. The molecule has 0 saturated carbocycles. The standard InChI is InChI=1S/C56H38N2/c1-55(2)48-26-14-15-27-49(48)56(46-24-12-10-22-43(46)44-23-11-13-25-47(44)56)50-31-29-37(33-51(50)55)53-34-52(57-54(58-53)35-16-4-3-5-17-35)36-28-30-42-40-20-7-6-18-38(40)39-19-8-9-21-41(39)45(42)32-36/h3-34H,1-2H3. The van der Waals surface area contributed by atoms with Gasteiger partial charge in [-0.1, -0.05) is 190 Å². The first-order chi connectivity index (χ1) is 28.5. The molecule has 0 saturated heterocycles. The lowest BCUT2D eigenvalue weighted by atomic mass is 9.55. The summed E-state index contributed by atoms with van der Waals surface area (Å²) >= 11 is 0. The molecule has 0 radical (unpaired) electrons. The van der Waals surface area contributed by atoms with Gasteiger partial charge in [0.05, 0.1) is 16.8 Å². The van der Waals surface area contributed by atoms with E-state index in [1.165, 1.54) is 76.8 Å².